The van der Waals surface area contributed by atoms with Crippen LogP contribution in [0.15, 0.2) is 72.4 Å². The van der Waals surface area contributed by atoms with E-state index in [2.05, 4.69) is 20.3 Å². The number of nitrogens with zero attached hydrogens (tertiary/aromatic N) is 3. The van der Waals surface area contributed by atoms with Crippen LogP contribution < -0.4 is 5.32 Å². The van der Waals surface area contributed by atoms with E-state index in [-0.39, 0.29) is 5.91 Å². The van der Waals surface area contributed by atoms with Gasteiger partial charge in [0.2, 0.25) is 0 Å². The monoisotopic (exact) mass is 411 g/mol. The van der Waals surface area contributed by atoms with Gasteiger partial charge >= 0.3 is 0 Å². The number of hydrogen-bond donors (Lipinski definition) is 2. The summed E-state index contributed by atoms with van der Waals surface area (Å²) in [4.78, 5) is 29.6. The number of pyridine rings is 1. The number of anilines is 1. The first-order chi connectivity index (χ1) is 14.7. The lowest BCUT2D eigenvalue weighted by Gasteiger charge is -2.03. The number of thiazole rings is 1. The minimum atomic E-state index is -0.284. The second kappa shape index (κ2) is 7.53. The molecule has 0 fully saturated rings. The predicted octanol–water partition coefficient (Wildman–Crippen LogP) is 5.31. The number of nitrogens with one attached hydrogen (secondary N) is 2. The van der Waals surface area contributed by atoms with Gasteiger partial charge in [-0.05, 0) is 19.1 Å². The van der Waals surface area contributed by atoms with E-state index in [1.165, 1.54) is 11.3 Å². The van der Waals surface area contributed by atoms with Crippen LogP contribution in [0.3, 0.4) is 0 Å². The Bertz CT molecular complexity index is 1340. The van der Waals surface area contributed by atoms with E-state index in [1.807, 2.05) is 66.9 Å². The third-order valence-electron chi connectivity index (χ3n) is 4.77. The molecule has 0 unspecified atom stereocenters. The van der Waals surface area contributed by atoms with E-state index < -0.39 is 0 Å². The zero-order valence-corrected chi connectivity index (χ0v) is 16.9. The Kier molecular flexibility index (Phi) is 4.57. The molecule has 146 valence electrons. The lowest BCUT2D eigenvalue weighted by atomic mass is 10.1. The van der Waals surface area contributed by atoms with Crippen LogP contribution in [0.5, 0.6) is 0 Å². The Morgan fingerprint density at radius 3 is 2.67 bits per heavy atom. The normalized spacial score (nSPS) is 11.0. The highest BCUT2D eigenvalue weighted by atomic mass is 32.1. The molecule has 3 heterocycles. The third kappa shape index (κ3) is 3.46. The minimum Gasteiger partial charge on any atom is -0.333 e. The van der Waals surface area contributed by atoms with Crippen LogP contribution in [0.2, 0.25) is 0 Å². The fourth-order valence-electron chi connectivity index (χ4n) is 3.24. The van der Waals surface area contributed by atoms with Crippen molar-refractivity contribution in [2.45, 2.75) is 6.92 Å². The van der Waals surface area contributed by atoms with Crippen molar-refractivity contribution in [3.8, 4) is 22.6 Å². The zero-order chi connectivity index (χ0) is 20.5. The largest absolute Gasteiger partial charge is 0.333 e. The maximum atomic E-state index is 13.0. The number of hydrogen-bond acceptors (Lipinski definition) is 5. The van der Waals surface area contributed by atoms with Crippen LogP contribution in [0.4, 0.5) is 5.13 Å². The van der Waals surface area contributed by atoms with Crippen LogP contribution in [0, 0.1) is 6.92 Å². The second-order valence-electron chi connectivity index (χ2n) is 6.88. The summed E-state index contributed by atoms with van der Waals surface area (Å²) in [6, 6.07) is 17.9. The summed E-state index contributed by atoms with van der Waals surface area (Å²) in [5.41, 5.74) is 4.70. The molecule has 0 atom stereocenters. The SMILES string of the molecule is Cc1ccc(-c2nc(-c3cnc4ccccc4c3)[nH]c2C(=O)Nc2nccs2)cc1. The van der Waals surface area contributed by atoms with Gasteiger partial charge in [0.25, 0.3) is 5.91 Å². The van der Waals surface area contributed by atoms with Crippen molar-refractivity contribution in [1.29, 1.82) is 0 Å². The number of aromatic nitrogens is 4. The molecule has 2 aromatic carbocycles. The molecule has 0 bridgehead atoms. The van der Waals surface area contributed by atoms with Gasteiger partial charge in [-0.2, -0.15) is 0 Å². The molecule has 0 saturated carbocycles. The minimum absolute atomic E-state index is 0.284. The Balaban J connectivity index is 1.61. The molecule has 6 nitrogen and oxygen atoms in total. The average Bonchev–Trinajstić information content (AvgIpc) is 3.44. The number of para-hydroxylation sites is 1. The number of carbonyl (C=O) groups excluding carboxylic acids is 1. The molecule has 2 N–H and O–H groups in total. The van der Waals surface area contributed by atoms with Gasteiger partial charge in [-0.1, -0.05) is 48.0 Å². The van der Waals surface area contributed by atoms with Gasteiger partial charge in [-0.25, -0.2) is 9.97 Å². The molecule has 0 aliphatic heterocycles. The van der Waals surface area contributed by atoms with E-state index in [9.17, 15) is 4.79 Å². The number of carbonyl (C=O) groups is 1. The van der Waals surface area contributed by atoms with Gasteiger partial charge < -0.3 is 4.98 Å². The van der Waals surface area contributed by atoms with Crippen LogP contribution >= 0.6 is 11.3 Å². The van der Waals surface area contributed by atoms with Crippen LogP contribution in [0.25, 0.3) is 33.5 Å². The molecule has 0 radical (unpaired) electrons. The summed E-state index contributed by atoms with van der Waals surface area (Å²) < 4.78 is 0. The van der Waals surface area contributed by atoms with Crippen molar-refractivity contribution in [3.63, 3.8) is 0 Å². The first-order valence-electron chi connectivity index (χ1n) is 9.40. The molecule has 0 aliphatic carbocycles. The van der Waals surface area contributed by atoms with Gasteiger partial charge in [-0.15, -0.1) is 11.3 Å². The van der Waals surface area contributed by atoms with Crippen LogP contribution in [0.1, 0.15) is 16.1 Å². The van der Waals surface area contributed by atoms with Crippen molar-refractivity contribution < 1.29 is 4.79 Å². The molecule has 3 aromatic heterocycles. The van der Waals surface area contributed by atoms with E-state index in [1.54, 1.807) is 12.4 Å². The number of aromatic amines is 1. The number of benzene rings is 2. The number of imidazole rings is 1. The lowest BCUT2D eigenvalue weighted by molar-refractivity contribution is 0.102. The summed E-state index contributed by atoms with van der Waals surface area (Å²) in [5, 5.41) is 6.20. The fraction of sp³-hybridized carbons (Fsp3) is 0.0435. The lowest BCUT2D eigenvalue weighted by Crippen LogP contribution is -2.13. The third-order valence-corrected chi connectivity index (χ3v) is 5.46. The highest BCUT2D eigenvalue weighted by Gasteiger charge is 2.20. The average molecular weight is 411 g/mol. The number of H-pyrrole nitrogens is 1. The standard InChI is InChI=1S/C23H17N5OS/c1-14-6-8-15(9-7-14)19-20(22(29)28-23-24-10-11-30-23)27-21(26-19)17-12-16-4-2-3-5-18(16)25-13-17/h2-13H,1H3,(H,26,27)(H,24,28,29). The second-order valence-corrected chi connectivity index (χ2v) is 7.78. The van der Waals surface area contributed by atoms with E-state index in [0.29, 0.717) is 22.3 Å². The van der Waals surface area contributed by atoms with Gasteiger partial charge in [0.05, 0.1) is 5.52 Å². The Morgan fingerprint density at radius 2 is 1.87 bits per heavy atom. The number of rotatable bonds is 4. The molecule has 1 amide bonds. The highest BCUT2D eigenvalue weighted by Crippen LogP contribution is 2.28. The molecule has 0 aliphatic rings. The summed E-state index contributed by atoms with van der Waals surface area (Å²) in [6.45, 7) is 2.02. The summed E-state index contributed by atoms with van der Waals surface area (Å²) in [6.07, 6.45) is 3.42. The molecule has 30 heavy (non-hydrogen) atoms. The van der Waals surface area contributed by atoms with Crippen molar-refractivity contribution >= 4 is 33.3 Å². The topological polar surface area (TPSA) is 83.6 Å². The smallest absolute Gasteiger partial charge is 0.276 e. The molecule has 0 saturated heterocycles. The van der Waals surface area contributed by atoms with E-state index >= 15 is 0 Å². The zero-order valence-electron chi connectivity index (χ0n) is 16.1. The fourth-order valence-corrected chi connectivity index (χ4v) is 3.76. The number of amides is 1. The van der Waals surface area contributed by atoms with Crippen molar-refractivity contribution in [3.05, 3.63) is 83.6 Å². The quantitative estimate of drug-likeness (QED) is 0.420. The summed E-state index contributed by atoms with van der Waals surface area (Å²) in [5.74, 6) is 0.307. The van der Waals surface area contributed by atoms with Crippen LogP contribution in [-0.4, -0.2) is 25.8 Å². The maximum absolute atomic E-state index is 13.0. The summed E-state index contributed by atoms with van der Waals surface area (Å²) >= 11 is 1.37. The van der Waals surface area contributed by atoms with Crippen molar-refractivity contribution in [2.75, 3.05) is 5.32 Å². The number of aryl methyl sites for hydroxylation is 1. The Morgan fingerprint density at radius 1 is 1.03 bits per heavy atom. The van der Waals surface area contributed by atoms with Crippen molar-refractivity contribution in [1.82, 2.24) is 19.9 Å². The van der Waals surface area contributed by atoms with Gasteiger partial charge in [0.1, 0.15) is 17.2 Å². The molecular weight excluding hydrogens is 394 g/mol. The molecular formula is C23H17N5OS. The predicted molar refractivity (Wildman–Crippen MR) is 120 cm³/mol. The first kappa shape index (κ1) is 18.2. The molecule has 0 spiro atoms. The maximum Gasteiger partial charge on any atom is 0.276 e. The van der Waals surface area contributed by atoms with Crippen LogP contribution in [-0.2, 0) is 0 Å². The van der Waals surface area contributed by atoms with Gasteiger partial charge in [-0.3, -0.25) is 15.1 Å². The van der Waals surface area contributed by atoms with Crippen molar-refractivity contribution in [2.24, 2.45) is 0 Å². The van der Waals surface area contributed by atoms with E-state index in [4.69, 9.17) is 4.98 Å². The molecule has 5 aromatic rings. The van der Waals surface area contributed by atoms with Gasteiger partial charge in [0.15, 0.2) is 5.13 Å². The Labute approximate surface area is 176 Å². The summed E-state index contributed by atoms with van der Waals surface area (Å²) in [7, 11) is 0. The number of fused-ring (bicyclic) bond motifs is 1. The van der Waals surface area contributed by atoms with Gasteiger partial charge in [0, 0.05) is 34.3 Å². The first-order valence-corrected chi connectivity index (χ1v) is 10.3. The Hall–Kier alpha value is -3.84. The molecule has 7 heteroatoms. The van der Waals surface area contributed by atoms with E-state index in [0.717, 1.165) is 27.6 Å². The highest BCUT2D eigenvalue weighted by molar-refractivity contribution is 7.13. The molecule has 5 rings (SSSR count).